The summed E-state index contributed by atoms with van der Waals surface area (Å²) >= 11 is 0. The molecule has 71 heavy (non-hydrogen) atoms. The molecular formula is C65H110O6. The first-order valence-electron chi connectivity index (χ1n) is 29.7. The summed E-state index contributed by atoms with van der Waals surface area (Å²) in [6.07, 6.45) is 78.5. The fraction of sp³-hybridized carbons (Fsp3) is 0.708. The van der Waals surface area contributed by atoms with Gasteiger partial charge in [-0.2, -0.15) is 0 Å². The molecule has 0 radical (unpaired) electrons. The van der Waals surface area contributed by atoms with Gasteiger partial charge in [0.25, 0.3) is 0 Å². The van der Waals surface area contributed by atoms with E-state index >= 15 is 0 Å². The Morgan fingerprint density at radius 3 is 0.873 bits per heavy atom. The lowest BCUT2D eigenvalue weighted by molar-refractivity contribution is -0.167. The molecule has 0 saturated heterocycles. The average Bonchev–Trinajstić information content (AvgIpc) is 3.37. The standard InChI is InChI=1S/C65H110O6/c1-4-7-10-13-16-19-22-24-25-26-27-28-29-30-31-32-33-34-35-36-37-38-39-41-43-46-49-52-55-58-64(67)70-61-62(60-69-63(66)57-54-51-48-45-42-21-18-15-12-9-6-3)71-65(68)59-56-53-50-47-44-40-23-20-17-14-11-8-5-2/h7-8,10-11,16-17,19-20,24-25,27-28,30-31,40,44,62H,4-6,9,12-15,18,21-23,26,29,32-39,41-43,45-61H2,1-3H3/b10-7-,11-8-,19-16-,20-17-,25-24-,28-27-,31-30-,44-40-. The summed E-state index contributed by atoms with van der Waals surface area (Å²) in [6.45, 7) is 6.39. The molecule has 1 unspecified atom stereocenters. The molecule has 0 aliphatic rings. The third-order valence-electron chi connectivity index (χ3n) is 12.6. The van der Waals surface area contributed by atoms with Crippen LogP contribution in [0.15, 0.2) is 97.2 Å². The minimum atomic E-state index is -0.790. The van der Waals surface area contributed by atoms with Crippen LogP contribution < -0.4 is 0 Å². The molecule has 0 aromatic heterocycles. The number of allylic oxidation sites excluding steroid dienone is 16. The van der Waals surface area contributed by atoms with Crippen molar-refractivity contribution in [3.63, 3.8) is 0 Å². The molecule has 6 nitrogen and oxygen atoms in total. The third kappa shape index (κ3) is 57.1. The van der Waals surface area contributed by atoms with Gasteiger partial charge >= 0.3 is 17.9 Å². The van der Waals surface area contributed by atoms with Gasteiger partial charge in [0, 0.05) is 19.3 Å². The second kappa shape index (κ2) is 58.9. The largest absolute Gasteiger partial charge is 0.462 e. The first-order chi connectivity index (χ1) is 35.0. The molecule has 0 bridgehead atoms. The monoisotopic (exact) mass is 987 g/mol. The fourth-order valence-electron chi connectivity index (χ4n) is 8.19. The Morgan fingerprint density at radius 1 is 0.296 bits per heavy atom. The van der Waals surface area contributed by atoms with E-state index in [1.807, 2.05) is 0 Å². The molecule has 406 valence electrons. The zero-order valence-electron chi connectivity index (χ0n) is 46.5. The summed E-state index contributed by atoms with van der Waals surface area (Å²) in [5.41, 5.74) is 0. The lowest BCUT2D eigenvalue weighted by Crippen LogP contribution is -2.30. The molecule has 0 N–H and O–H groups in total. The van der Waals surface area contributed by atoms with Gasteiger partial charge in [0.15, 0.2) is 6.10 Å². The fourth-order valence-corrected chi connectivity index (χ4v) is 8.19. The van der Waals surface area contributed by atoms with Crippen molar-refractivity contribution in [1.82, 2.24) is 0 Å². The number of hydrogen-bond acceptors (Lipinski definition) is 6. The summed E-state index contributed by atoms with van der Waals surface area (Å²) in [5.74, 6) is -0.914. The van der Waals surface area contributed by atoms with Crippen molar-refractivity contribution < 1.29 is 28.6 Å². The van der Waals surface area contributed by atoms with E-state index < -0.39 is 6.10 Å². The van der Waals surface area contributed by atoms with Crippen LogP contribution in [-0.4, -0.2) is 37.2 Å². The Morgan fingerprint density at radius 2 is 0.549 bits per heavy atom. The molecule has 6 heteroatoms. The summed E-state index contributed by atoms with van der Waals surface area (Å²) in [7, 11) is 0. The van der Waals surface area contributed by atoms with Crippen molar-refractivity contribution in [1.29, 1.82) is 0 Å². The maximum Gasteiger partial charge on any atom is 0.306 e. The van der Waals surface area contributed by atoms with Gasteiger partial charge in [0.1, 0.15) is 13.2 Å². The first kappa shape index (κ1) is 67.3. The van der Waals surface area contributed by atoms with Crippen LogP contribution in [0.1, 0.15) is 278 Å². The zero-order chi connectivity index (χ0) is 51.4. The van der Waals surface area contributed by atoms with E-state index in [4.69, 9.17) is 14.2 Å². The number of hydrogen-bond donors (Lipinski definition) is 0. The minimum absolute atomic E-state index is 0.0869. The van der Waals surface area contributed by atoms with Crippen molar-refractivity contribution >= 4 is 17.9 Å². The normalized spacial score (nSPS) is 12.8. The predicted molar refractivity (Wildman–Crippen MR) is 307 cm³/mol. The number of carbonyl (C=O) groups excluding carboxylic acids is 3. The van der Waals surface area contributed by atoms with Crippen LogP contribution in [0, 0.1) is 0 Å². The van der Waals surface area contributed by atoms with Crippen LogP contribution in [0.5, 0.6) is 0 Å². The number of carbonyl (C=O) groups is 3. The van der Waals surface area contributed by atoms with Gasteiger partial charge in [0.05, 0.1) is 0 Å². The highest BCUT2D eigenvalue weighted by Gasteiger charge is 2.19. The topological polar surface area (TPSA) is 78.9 Å². The molecule has 1 atom stereocenters. The maximum absolute atomic E-state index is 12.8. The summed E-state index contributed by atoms with van der Waals surface area (Å²) in [5, 5.41) is 0. The van der Waals surface area contributed by atoms with Crippen molar-refractivity contribution in [3.05, 3.63) is 97.2 Å². The summed E-state index contributed by atoms with van der Waals surface area (Å²) in [4.78, 5) is 38.1. The molecule has 0 heterocycles. The maximum atomic E-state index is 12.8. The van der Waals surface area contributed by atoms with Crippen LogP contribution in [-0.2, 0) is 28.6 Å². The lowest BCUT2D eigenvalue weighted by Gasteiger charge is -2.18. The van der Waals surface area contributed by atoms with E-state index in [-0.39, 0.29) is 31.1 Å². The number of rotatable bonds is 53. The predicted octanol–water partition coefficient (Wildman–Crippen LogP) is 20.1. The minimum Gasteiger partial charge on any atom is -0.462 e. The Kier molecular flexibility index (Phi) is 55.9. The highest BCUT2D eigenvalue weighted by Crippen LogP contribution is 2.16. The Hall–Kier alpha value is -3.67. The molecule has 0 rings (SSSR count). The van der Waals surface area contributed by atoms with Crippen molar-refractivity contribution in [2.24, 2.45) is 0 Å². The molecule has 0 saturated carbocycles. The van der Waals surface area contributed by atoms with Crippen LogP contribution >= 0.6 is 0 Å². The Balaban J connectivity index is 4.20. The van der Waals surface area contributed by atoms with E-state index in [1.54, 1.807) is 0 Å². The second-order valence-corrected chi connectivity index (χ2v) is 19.5. The van der Waals surface area contributed by atoms with Crippen LogP contribution in [0.25, 0.3) is 0 Å². The molecule has 0 aliphatic carbocycles. The SMILES string of the molecule is CC/C=C\C/C=C\C/C=C\C/C=C\C/C=C\CCCCCCCCCCCCCCCC(=O)OCC(COC(=O)CCCCCCCCCCCCC)OC(=O)CCCCC/C=C\C/C=C\C/C=C\CC. The van der Waals surface area contributed by atoms with Gasteiger partial charge in [-0.05, 0) is 96.3 Å². The summed E-state index contributed by atoms with van der Waals surface area (Å²) < 4.78 is 16.8. The number of esters is 3. The van der Waals surface area contributed by atoms with Crippen molar-refractivity contribution in [2.75, 3.05) is 13.2 Å². The Labute approximate surface area is 438 Å². The number of unbranched alkanes of at least 4 members (excludes halogenated alkanes) is 26. The quantitative estimate of drug-likeness (QED) is 0.0261. The average molecular weight is 988 g/mol. The van der Waals surface area contributed by atoms with Gasteiger partial charge in [-0.15, -0.1) is 0 Å². The molecule has 0 aliphatic heterocycles. The van der Waals surface area contributed by atoms with Gasteiger partial charge in [-0.1, -0.05) is 259 Å². The van der Waals surface area contributed by atoms with E-state index in [1.165, 1.54) is 122 Å². The van der Waals surface area contributed by atoms with Crippen LogP contribution in [0.2, 0.25) is 0 Å². The van der Waals surface area contributed by atoms with E-state index in [0.29, 0.717) is 19.3 Å². The van der Waals surface area contributed by atoms with Gasteiger partial charge in [-0.3, -0.25) is 14.4 Å². The molecule has 0 spiro atoms. The van der Waals surface area contributed by atoms with Gasteiger partial charge in [-0.25, -0.2) is 0 Å². The summed E-state index contributed by atoms with van der Waals surface area (Å²) in [6, 6.07) is 0. The third-order valence-corrected chi connectivity index (χ3v) is 12.6. The highest BCUT2D eigenvalue weighted by atomic mass is 16.6. The lowest BCUT2D eigenvalue weighted by atomic mass is 10.0. The molecular weight excluding hydrogens is 877 g/mol. The van der Waals surface area contributed by atoms with Crippen LogP contribution in [0.3, 0.4) is 0 Å². The van der Waals surface area contributed by atoms with Crippen molar-refractivity contribution in [2.45, 2.75) is 284 Å². The van der Waals surface area contributed by atoms with Gasteiger partial charge < -0.3 is 14.2 Å². The van der Waals surface area contributed by atoms with Gasteiger partial charge in [0.2, 0.25) is 0 Å². The number of ether oxygens (including phenoxy) is 3. The second-order valence-electron chi connectivity index (χ2n) is 19.5. The smallest absolute Gasteiger partial charge is 0.306 e. The van der Waals surface area contributed by atoms with Crippen LogP contribution in [0.4, 0.5) is 0 Å². The first-order valence-corrected chi connectivity index (χ1v) is 29.7. The van der Waals surface area contributed by atoms with Crippen molar-refractivity contribution in [3.8, 4) is 0 Å². The highest BCUT2D eigenvalue weighted by molar-refractivity contribution is 5.71. The molecule has 0 fully saturated rings. The van der Waals surface area contributed by atoms with E-state index in [9.17, 15) is 14.4 Å². The van der Waals surface area contributed by atoms with E-state index in [0.717, 1.165) is 116 Å². The Bertz CT molecular complexity index is 1410. The molecule has 0 aromatic rings. The van der Waals surface area contributed by atoms with E-state index in [2.05, 4.69) is 118 Å². The molecule has 0 aromatic carbocycles. The molecule has 0 amide bonds. The zero-order valence-corrected chi connectivity index (χ0v) is 46.5.